The lowest BCUT2D eigenvalue weighted by molar-refractivity contribution is -0.118. The van der Waals surface area contributed by atoms with Crippen LogP contribution in [0.15, 0.2) is 0 Å². The average molecular weight is 194 g/mol. The van der Waals surface area contributed by atoms with Crippen molar-refractivity contribution < 1.29 is 4.79 Å². The van der Waals surface area contributed by atoms with Crippen molar-refractivity contribution in [3.8, 4) is 0 Å². The molecule has 9 heavy (non-hydrogen) atoms. The number of halogens is 1. The molecular formula is C6H12BrNO. The Morgan fingerprint density at radius 1 is 1.78 bits per heavy atom. The summed E-state index contributed by atoms with van der Waals surface area (Å²) in [5.74, 6) is 0.0446. The molecule has 2 nitrogen and oxygen atoms in total. The fourth-order valence-corrected chi connectivity index (χ4v) is 0.676. The summed E-state index contributed by atoms with van der Waals surface area (Å²) in [5.41, 5.74) is 0. The van der Waals surface area contributed by atoms with Gasteiger partial charge in [0.15, 0.2) is 0 Å². The van der Waals surface area contributed by atoms with Gasteiger partial charge in [-0.1, -0.05) is 22.9 Å². The maximum Gasteiger partial charge on any atom is 0.216 e. The highest BCUT2D eigenvalue weighted by molar-refractivity contribution is 9.09. The van der Waals surface area contributed by atoms with Crippen LogP contribution < -0.4 is 5.32 Å². The van der Waals surface area contributed by atoms with Crippen LogP contribution in [0.2, 0.25) is 0 Å². The maximum atomic E-state index is 10.3. The molecule has 1 N–H and O–H groups in total. The molecule has 3 heteroatoms. The van der Waals surface area contributed by atoms with E-state index in [9.17, 15) is 4.79 Å². The molecule has 0 aromatic rings. The van der Waals surface area contributed by atoms with Crippen LogP contribution in [0.3, 0.4) is 0 Å². The van der Waals surface area contributed by atoms with E-state index in [4.69, 9.17) is 0 Å². The quantitative estimate of drug-likeness (QED) is 0.674. The molecule has 0 saturated heterocycles. The highest BCUT2D eigenvalue weighted by Crippen LogP contribution is 2.00. The van der Waals surface area contributed by atoms with Gasteiger partial charge >= 0.3 is 0 Å². The molecule has 0 fully saturated rings. The number of hydrogen-bond acceptors (Lipinski definition) is 1. The highest BCUT2D eigenvalue weighted by Gasteiger charge is 1.94. The Kier molecular flexibility index (Phi) is 4.77. The van der Waals surface area contributed by atoms with Crippen LogP contribution in [0, 0.1) is 0 Å². The van der Waals surface area contributed by atoms with Gasteiger partial charge in [-0.2, -0.15) is 0 Å². The normalized spacial score (nSPS) is 12.8. The number of rotatable bonds is 3. The second kappa shape index (κ2) is 4.79. The van der Waals surface area contributed by atoms with E-state index in [2.05, 4.69) is 28.2 Å². The molecule has 0 radical (unpaired) electrons. The Balaban J connectivity index is 3.01. The first-order chi connectivity index (χ1) is 4.13. The molecule has 0 aromatic carbocycles. The van der Waals surface area contributed by atoms with E-state index in [0.717, 1.165) is 13.0 Å². The topological polar surface area (TPSA) is 29.1 Å². The molecule has 0 heterocycles. The molecule has 0 aromatic heterocycles. The standard InChI is InChI=1S/C6H12BrNO/c1-5(7)3-4-8-6(2)9/h5H,3-4H2,1-2H3,(H,8,9). The summed E-state index contributed by atoms with van der Waals surface area (Å²) in [4.78, 5) is 10.8. The van der Waals surface area contributed by atoms with E-state index >= 15 is 0 Å². The van der Waals surface area contributed by atoms with Gasteiger partial charge in [-0.05, 0) is 6.42 Å². The first kappa shape index (κ1) is 8.95. The van der Waals surface area contributed by atoms with Crippen molar-refractivity contribution in [2.75, 3.05) is 6.54 Å². The van der Waals surface area contributed by atoms with Crippen LogP contribution in [0.4, 0.5) is 0 Å². The Bertz CT molecular complexity index is 93.1. The van der Waals surface area contributed by atoms with Crippen molar-refractivity contribution in [1.82, 2.24) is 5.32 Å². The molecule has 54 valence electrons. The van der Waals surface area contributed by atoms with Gasteiger partial charge in [0.25, 0.3) is 0 Å². The zero-order valence-corrected chi connectivity index (χ0v) is 7.36. The summed E-state index contributed by atoms with van der Waals surface area (Å²) in [7, 11) is 0. The van der Waals surface area contributed by atoms with Crippen LogP contribution in [-0.4, -0.2) is 17.3 Å². The van der Waals surface area contributed by atoms with Crippen molar-refractivity contribution in [3.63, 3.8) is 0 Å². The van der Waals surface area contributed by atoms with Gasteiger partial charge in [0.05, 0.1) is 0 Å². The number of hydrogen-bond donors (Lipinski definition) is 1. The number of carbonyl (C=O) groups is 1. The second-order valence-corrected chi connectivity index (χ2v) is 3.62. The van der Waals surface area contributed by atoms with Gasteiger partial charge in [-0.3, -0.25) is 4.79 Å². The van der Waals surface area contributed by atoms with Crippen LogP contribution in [0.5, 0.6) is 0 Å². The third kappa shape index (κ3) is 7.95. The third-order valence-electron chi connectivity index (χ3n) is 0.916. The number of amides is 1. The van der Waals surface area contributed by atoms with Gasteiger partial charge in [0, 0.05) is 18.3 Å². The van der Waals surface area contributed by atoms with Crippen molar-refractivity contribution in [2.45, 2.75) is 25.1 Å². The van der Waals surface area contributed by atoms with Crippen LogP contribution in [-0.2, 0) is 4.79 Å². The largest absolute Gasteiger partial charge is 0.356 e. The van der Waals surface area contributed by atoms with E-state index in [-0.39, 0.29) is 5.91 Å². The minimum atomic E-state index is 0.0446. The molecule has 1 unspecified atom stereocenters. The third-order valence-corrected chi connectivity index (χ3v) is 1.37. The number of carbonyl (C=O) groups excluding carboxylic acids is 1. The van der Waals surface area contributed by atoms with E-state index in [1.807, 2.05) is 0 Å². The summed E-state index contributed by atoms with van der Waals surface area (Å²) in [6, 6.07) is 0. The smallest absolute Gasteiger partial charge is 0.216 e. The summed E-state index contributed by atoms with van der Waals surface area (Å²) < 4.78 is 0. The Labute approximate surface area is 64.1 Å². The summed E-state index contributed by atoms with van der Waals surface area (Å²) in [6.07, 6.45) is 0.986. The zero-order chi connectivity index (χ0) is 7.28. The van der Waals surface area contributed by atoms with E-state index < -0.39 is 0 Å². The van der Waals surface area contributed by atoms with Gasteiger partial charge in [-0.25, -0.2) is 0 Å². The van der Waals surface area contributed by atoms with Gasteiger partial charge in [0.2, 0.25) is 5.91 Å². The SMILES string of the molecule is CC(=O)NCCC(C)Br. The minimum absolute atomic E-state index is 0.0446. The molecule has 0 aliphatic heterocycles. The molecular weight excluding hydrogens is 182 g/mol. The summed E-state index contributed by atoms with van der Waals surface area (Å²) in [6.45, 7) is 4.35. The average Bonchev–Trinajstić information content (AvgIpc) is 1.63. The molecule has 0 aliphatic carbocycles. The first-order valence-corrected chi connectivity index (χ1v) is 3.93. The Morgan fingerprint density at radius 2 is 2.33 bits per heavy atom. The molecule has 0 bridgehead atoms. The molecule has 1 amide bonds. The van der Waals surface area contributed by atoms with Crippen LogP contribution in [0.25, 0.3) is 0 Å². The summed E-state index contributed by atoms with van der Waals surface area (Å²) >= 11 is 3.37. The number of alkyl halides is 1. The molecule has 0 aliphatic rings. The van der Waals surface area contributed by atoms with Crippen molar-refractivity contribution in [2.24, 2.45) is 0 Å². The fourth-order valence-electron chi connectivity index (χ4n) is 0.447. The van der Waals surface area contributed by atoms with E-state index in [1.165, 1.54) is 6.92 Å². The molecule has 0 spiro atoms. The number of nitrogens with one attached hydrogen (secondary N) is 1. The van der Waals surface area contributed by atoms with Gasteiger partial charge in [0.1, 0.15) is 0 Å². The minimum Gasteiger partial charge on any atom is -0.356 e. The molecule has 1 atom stereocenters. The monoisotopic (exact) mass is 193 g/mol. The first-order valence-electron chi connectivity index (χ1n) is 3.01. The van der Waals surface area contributed by atoms with Crippen LogP contribution in [0.1, 0.15) is 20.3 Å². The van der Waals surface area contributed by atoms with E-state index in [0.29, 0.717) is 4.83 Å². The maximum absolute atomic E-state index is 10.3. The second-order valence-electron chi connectivity index (χ2n) is 2.05. The lowest BCUT2D eigenvalue weighted by Gasteiger charge is -2.02. The Hall–Kier alpha value is -0.0500. The molecule has 0 saturated carbocycles. The predicted octanol–water partition coefficient (Wildman–Crippen LogP) is 1.30. The van der Waals surface area contributed by atoms with Crippen molar-refractivity contribution >= 4 is 21.8 Å². The van der Waals surface area contributed by atoms with E-state index in [1.54, 1.807) is 0 Å². The van der Waals surface area contributed by atoms with Crippen molar-refractivity contribution in [3.05, 3.63) is 0 Å². The Morgan fingerprint density at radius 3 is 2.67 bits per heavy atom. The summed E-state index contributed by atoms with van der Waals surface area (Å²) in [5, 5.41) is 2.71. The van der Waals surface area contributed by atoms with Crippen molar-refractivity contribution in [1.29, 1.82) is 0 Å². The lowest BCUT2D eigenvalue weighted by atomic mass is 10.3. The predicted molar refractivity (Wildman–Crippen MR) is 41.7 cm³/mol. The zero-order valence-electron chi connectivity index (χ0n) is 5.78. The van der Waals surface area contributed by atoms with Crippen LogP contribution >= 0.6 is 15.9 Å². The van der Waals surface area contributed by atoms with Gasteiger partial charge in [-0.15, -0.1) is 0 Å². The molecule has 0 rings (SSSR count). The van der Waals surface area contributed by atoms with Gasteiger partial charge < -0.3 is 5.32 Å². The fraction of sp³-hybridized carbons (Fsp3) is 0.833. The highest BCUT2D eigenvalue weighted by atomic mass is 79.9. The lowest BCUT2D eigenvalue weighted by Crippen LogP contribution is -2.22.